The highest BCUT2D eigenvalue weighted by molar-refractivity contribution is 6.33. The maximum Gasteiger partial charge on any atom is 0.270 e. The lowest BCUT2D eigenvalue weighted by molar-refractivity contribution is -0.384. The van der Waals surface area contributed by atoms with Crippen LogP contribution < -0.4 is 0 Å². The number of hydrogen-bond acceptors (Lipinski definition) is 2. The SMILES string of the molecule is Cn1cccc1-c1ccc([N+](=O)[O-])cc1Cl. The van der Waals surface area contributed by atoms with Gasteiger partial charge < -0.3 is 4.57 Å². The van der Waals surface area contributed by atoms with Crippen LogP contribution in [0.15, 0.2) is 36.5 Å². The Balaban J connectivity index is 2.52. The standard InChI is InChI=1S/C11H9ClN2O2/c1-13-6-2-3-11(13)9-5-4-8(14(15)16)7-10(9)12/h2-7H,1H3. The van der Waals surface area contributed by atoms with Gasteiger partial charge in [-0.05, 0) is 18.2 Å². The molecule has 0 unspecified atom stereocenters. The quantitative estimate of drug-likeness (QED) is 0.594. The van der Waals surface area contributed by atoms with Crippen molar-refractivity contribution in [3.05, 3.63) is 51.7 Å². The molecule has 0 saturated heterocycles. The molecule has 2 aromatic rings. The Kier molecular flexibility index (Phi) is 2.66. The number of aryl methyl sites for hydroxylation is 1. The molecule has 2 rings (SSSR count). The molecule has 0 aliphatic carbocycles. The van der Waals surface area contributed by atoms with Gasteiger partial charge in [0.25, 0.3) is 5.69 Å². The van der Waals surface area contributed by atoms with Gasteiger partial charge in [0.15, 0.2) is 0 Å². The van der Waals surface area contributed by atoms with E-state index in [0.29, 0.717) is 5.02 Å². The molecule has 0 amide bonds. The molecule has 0 N–H and O–H groups in total. The van der Waals surface area contributed by atoms with E-state index in [0.717, 1.165) is 11.3 Å². The lowest BCUT2D eigenvalue weighted by atomic mass is 10.1. The van der Waals surface area contributed by atoms with E-state index in [9.17, 15) is 10.1 Å². The van der Waals surface area contributed by atoms with Crippen molar-refractivity contribution in [2.45, 2.75) is 0 Å². The molecule has 1 aromatic carbocycles. The normalized spacial score (nSPS) is 10.4. The Morgan fingerprint density at radius 3 is 2.62 bits per heavy atom. The molecule has 4 nitrogen and oxygen atoms in total. The third-order valence-electron chi connectivity index (χ3n) is 2.38. The highest BCUT2D eigenvalue weighted by Gasteiger charge is 2.11. The Bertz CT molecular complexity index is 549. The first kappa shape index (κ1) is 10.7. The molecule has 0 spiro atoms. The zero-order valence-corrected chi connectivity index (χ0v) is 9.31. The number of nitro groups is 1. The number of rotatable bonds is 2. The molecular formula is C11H9ClN2O2. The van der Waals surface area contributed by atoms with E-state index in [-0.39, 0.29) is 5.69 Å². The average Bonchev–Trinajstić information content (AvgIpc) is 2.64. The molecule has 0 saturated carbocycles. The molecule has 0 aliphatic rings. The van der Waals surface area contributed by atoms with Crippen molar-refractivity contribution < 1.29 is 4.92 Å². The van der Waals surface area contributed by atoms with Crippen LogP contribution in [0.3, 0.4) is 0 Å². The van der Waals surface area contributed by atoms with Crippen molar-refractivity contribution in [2.75, 3.05) is 0 Å². The topological polar surface area (TPSA) is 48.1 Å². The molecule has 16 heavy (non-hydrogen) atoms. The van der Waals surface area contributed by atoms with Crippen molar-refractivity contribution in [2.24, 2.45) is 7.05 Å². The van der Waals surface area contributed by atoms with Crippen LogP contribution in [0.5, 0.6) is 0 Å². The van der Waals surface area contributed by atoms with E-state index in [1.807, 2.05) is 29.9 Å². The fourth-order valence-corrected chi connectivity index (χ4v) is 1.84. The minimum absolute atomic E-state index is 0.00274. The van der Waals surface area contributed by atoms with Crippen molar-refractivity contribution in [1.29, 1.82) is 0 Å². The summed E-state index contributed by atoms with van der Waals surface area (Å²) in [4.78, 5) is 10.1. The van der Waals surface area contributed by atoms with Crippen LogP contribution in [0.4, 0.5) is 5.69 Å². The van der Waals surface area contributed by atoms with Gasteiger partial charge in [-0.1, -0.05) is 11.6 Å². The van der Waals surface area contributed by atoms with Gasteiger partial charge in [0.2, 0.25) is 0 Å². The van der Waals surface area contributed by atoms with Gasteiger partial charge in [0, 0.05) is 36.6 Å². The Labute approximate surface area is 97.2 Å². The van der Waals surface area contributed by atoms with Gasteiger partial charge in [0.1, 0.15) is 0 Å². The summed E-state index contributed by atoms with van der Waals surface area (Å²) in [6, 6.07) is 8.29. The fourth-order valence-electron chi connectivity index (χ4n) is 1.57. The van der Waals surface area contributed by atoms with Gasteiger partial charge in [-0.15, -0.1) is 0 Å². The number of nitrogens with zero attached hydrogens (tertiary/aromatic N) is 2. The van der Waals surface area contributed by atoms with Crippen LogP contribution in [0.1, 0.15) is 0 Å². The van der Waals surface area contributed by atoms with Crippen molar-refractivity contribution in [3.8, 4) is 11.3 Å². The maximum atomic E-state index is 10.6. The number of benzene rings is 1. The largest absolute Gasteiger partial charge is 0.351 e. The average molecular weight is 237 g/mol. The highest BCUT2D eigenvalue weighted by atomic mass is 35.5. The zero-order valence-electron chi connectivity index (χ0n) is 8.55. The molecule has 0 bridgehead atoms. The minimum Gasteiger partial charge on any atom is -0.351 e. The third-order valence-corrected chi connectivity index (χ3v) is 2.70. The summed E-state index contributed by atoms with van der Waals surface area (Å²) in [6.45, 7) is 0. The minimum atomic E-state index is -0.458. The molecule has 0 radical (unpaired) electrons. The van der Waals surface area contributed by atoms with E-state index < -0.39 is 4.92 Å². The van der Waals surface area contributed by atoms with E-state index in [1.165, 1.54) is 12.1 Å². The predicted octanol–water partition coefficient (Wildman–Crippen LogP) is 3.25. The fraction of sp³-hybridized carbons (Fsp3) is 0.0909. The van der Waals surface area contributed by atoms with E-state index in [4.69, 9.17) is 11.6 Å². The van der Waals surface area contributed by atoms with Gasteiger partial charge in [-0.2, -0.15) is 0 Å². The molecule has 1 heterocycles. The Morgan fingerprint density at radius 2 is 2.12 bits per heavy atom. The number of non-ortho nitro benzene ring substituents is 1. The van der Waals surface area contributed by atoms with Gasteiger partial charge in [-0.25, -0.2) is 0 Å². The summed E-state index contributed by atoms with van der Waals surface area (Å²) in [5.41, 5.74) is 1.72. The summed E-state index contributed by atoms with van der Waals surface area (Å²) < 4.78 is 1.91. The van der Waals surface area contributed by atoms with E-state index in [1.54, 1.807) is 6.07 Å². The summed E-state index contributed by atoms with van der Waals surface area (Å²) >= 11 is 6.02. The second-order valence-corrected chi connectivity index (χ2v) is 3.83. The second kappa shape index (κ2) is 3.98. The molecule has 5 heteroatoms. The molecular weight excluding hydrogens is 228 g/mol. The summed E-state index contributed by atoms with van der Waals surface area (Å²) in [5.74, 6) is 0. The third kappa shape index (κ3) is 1.79. The van der Waals surface area contributed by atoms with Crippen molar-refractivity contribution >= 4 is 17.3 Å². The summed E-state index contributed by atoms with van der Waals surface area (Å²) in [7, 11) is 1.90. The smallest absolute Gasteiger partial charge is 0.270 e. The molecule has 1 aromatic heterocycles. The Morgan fingerprint density at radius 1 is 1.38 bits per heavy atom. The number of nitro benzene ring substituents is 1. The first-order valence-electron chi connectivity index (χ1n) is 4.65. The molecule has 82 valence electrons. The predicted molar refractivity (Wildman–Crippen MR) is 62.5 cm³/mol. The monoisotopic (exact) mass is 236 g/mol. The molecule has 0 aliphatic heterocycles. The number of hydrogen-bond donors (Lipinski definition) is 0. The first-order chi connectivity index (χ1) is 7.59. The molecule has 0 fully saturated rings. The highest BCUT2D eigenvalue weighted by Crippen LogP contribution is 2.30. The van der Waals surface area contributed by atoms with Crippen LogP contribution >= 0.6 is 11.6 Å². The van der Waals surface area contributed by atoms with Gasteiger partial charge in [0.05, 0.1) is 9.95 Å². The first-order valence-corrected chi connectivity index (χ1v) is 5.03. The van der Waals surface area contributed by atoms with Gasteiger partial charge in [-0.3, -0.25) is 10.1 Å². The van der Waals surface area contributed by atoms with Crippen molar-refractivity contribution in [3.63, 3.8) is 0 Å². The second-order valence-electron chi connectivity index (χ2n) is 3.43. The van der Waals surface area contributed by atoms with Crippen LogP contribution in [0.2, 0.25) is 5.02 Å². The summed E-state index contributed by atoms with van der Waals surface area (Å²) in [6.07, 6.45) is 1.90. The van der Waals surface area contributed by atoms with E-state index >= 15 is 0 Å². The molecule has 0 atom stereocenters. The number of aromatic nitrogens is 1. The maximum absolute atomic E-state index is 10.6. The van der Waals surface area contributed by atoms with Gasteiger partial charge >= 0.3 is 0 Å². The van der Waals surface area contributed by atoms with Crippen molar-refractivity contribution in [1.82, 2.24) is 4.57 Å². The van der Waals surface area contributed by atoms with Crippen LogP contribution in [0.25, 0.3) is 11.3 Å². The van der Waals surface area contributed by atoms with Crippen LogP contribution in [0, 0.1) is 10.1 Å². The Hall–Kier alpha value is -1.81. The lowest BCUT2D eigenvalue weighted by Gasteiger charge is -2.05. The summed E-state index contributed by atoms with van der Waals surface area (Å²) in [5, 5.41) is 10.9. The zero-order chi connectivity index (χ0) is 11.7. The lowest BCUT2D eigenvalue weighted by Crippen LogP contribution is -1.92. The van der Waals surface area contributed by atoms with Crippen LogP contribution in [-0.2, 0) is 7.05 Å². The van der Waals surface area contributed by atoms with E-state index in [2.05, 4.69) is 0 Å². The number of halogens is 1. The van der Waals surface area contributed by atoms with Crippen LogP contribution in [-0.4, -0.2) is 9.49 Å².